The molecule has 120 valence electrons. The maximum atomic E-state index is 11.0. The number of rotatable bonds is 3. The molecule has 1 aromatic heterocycles. The molecular formula is C19H17N3O2. The van der Waals surface area contributed by atoms with Crippen molar-refractivity contribution in [2.75, 3.05) is 11.9 Å². The molecule has 24 heavy (non-hydrogen) atoms. The van der Waals surface area contributed by atoms with Crippen molar-refractivity contribution in [3.8, 4) is 16.9 Å². The maximum absolute atomic E-state index is 11.0. The molecule has 0 atom stereocenters. The molecule has 0 unspecified atom stereocenters. The topological polar surface area (TPSA) is 67.2 Å². The Bertz CT molecular complexity index is 926. The van der Waals surface area contributed by atoms with E-state index >= 15 is 0 Å². The predicted octanol–water partition coefficient (Wildman–Crippen LogP) is 3.51. The SMILES string of the molecule is Cc1cccc(-c2nn(-c3ccc(C(=O)O)cc3)c3c2CCN3)c1. The summed E-state index contributed by atoms with van der Waals surface area (Å²) in [6, 6.07) is 15.1. The zero-order valence-corrected chi connectivity index (χ0v) is 13.3. The van der Waals surface area contributed by atoms with Crippen LogP contribution in [0.25, 0.3) is 16.9 Å². The number of hydrogen-bond donors (Lipinski definition) is 2. The lowest BCUT2D eigenvalue weighted by molar-refractivity contribution is 0.0697. The van der Waals surface area contributed by atoms with Crippen LogP contribution in [0, 0.1) is 6.92 Å². The summed E-state index contributed by atoms with van der Waals surface area (Å²) in [6.45, 7) is 2.96. The van der Waals surface area contributed by atoms with Crippen molar-refractivity contribution in [1.29, 1.82) is 0 Å². The number of hydrogen-bond acceptors (Lipinski definition) is 3. The Balaban J connectivity index is 1.83. The number of aromatic carboxylic acids is 1. The highest BCUT2D eigenvalue weighted by molar-refractivity contribution is 5.87. The van der Waals surface area contributed by atoms with Crippen molar-refractivity contribution in [2.24, 2.45) is 0 Å². The van der Waals surface area contributed by atoms with Crippen LogP contribution in [-0.4, -0.2) is 27.4 Å². The second-order valence-electron chi connectivity index (χ2n) is 5.99. The smallest absolute Gasteiger partial charge is 0.335 e. The van der Waals surface area contributed by atoms with Gasteiger partial charge in [-0.3, -0.25) is 0 Å². The highest BCUT2D eigenvalue weighted by Gasteiger charge is 2.24. The first-order valence-corrected chi connectivity index (χ1v) is 7.90. The third-order valence-corrected chi connectivity index (χ3v) is 4.30. The molecule has 0 amide bonds. The number of benzene rings is 2. The van der Waals surface area contributed by atoms with E-state index in [4.69, 9.17) is 10.2 Å². The summed E-state index contributed by atoms with van der Waals surface area (Å²) in [5.41, 5.74) is 5.63. The van der Waals surface area contributed by atoms with Crippen LogP contribution in [-0.2, 0) is 6.42 Å². The fourth-order valence-corrected chi connectivity index (χ4v) is 3.13. The molecule has 0 saturated heterocycles. The minimum absolute atomic E-state index is 0.273. The normalized spacial score (nSPS) is 12.7. The van der Waals surface area contributed by atoms with E-state index in [0.717, 1.165) is 35.7 Å². The molecule has 1 aliphatic rings. The van der Waals surface area contributed by atoms with Crippen LogP contribution < -0.4 is 5.32 Å². The van der Waals surface area contributed by atoms with E-state index in [-0.39, 0.29) is 5.56 Å². The van der Waals surface area contributed by atoms with Crippen LogP contribution in [0.2, 0.25) is 0 Å². The van der Waals surface area contributed by atoms with Gasteiger partial charge in [-0.2, -0.15) is 5.10 Å². The van der Waals surface area contributed by atoms with Gasteiger partial charge in [0, 0.05) is 17.7 Å². The highest BCUT2D eigenvalue weighted by atomic mass is 16.4. The first-order valence-electron chi connectivity index (χ1n) is 7.90. The highest BCUT2D eigenvalue weighted by Crippen LogP contribution is 2.34. The van der Waals surface area contributed by atoms with Gasteiger partial charge in [0.1, 0.15) is 5.82 Å². The van der Waals surface area contributed by atoms with Gasteiger partial charge in [-0.1, -0.05) is 23.8 Å². The van der Waals surface area contributed by atoms with Gasteiger partial charge in [0.2, 0.25) is 0 Å². The number of fused-ring (bicyclic) bond motifs is 1. The third-order valence-electron chi connectivity index (χ3n) is 4.30. The fourth-order valence-electron chi connectivity index (χ4n) is 3.13. The largest absolute Gasteiger partial charge is 0.478 e. The number of carboxylic acids is 1. The van der Waals surface area contributed by atoms with Crippen LogP contribution in [0.4, 0.5) is 5.82 Å². The van der Waals surface area contributed by atoms with Gasteiger partial charge in [-0.25, -0.2) is 9.48 Å². The molecule has 5 nitrogen and oxygen atoms in total. The molecule has 3 aromatic rings. The standard InChI is InChI=1S/C19H17N3O2/c1-12-3-2-4-14(11-12)17-16-9-10-20-18(16)22(21-17)15-7-5-13(6-8-15)19(23)24/h2-8,11,20H,9-10H2,1H3,(H,23,24). The van der Waals surface area contributed by atoms with Crippen molar-refractivity contribution in [2.45, 2.75) is 13.3 Å². The molecule has 0 aliphatic carbocycles. The van der Waals surface area contributed by atoms with Gasteiger partial charge < -0.3 is 10.4 Å². The van der Waals surface area contributed by atoms with Gasteiger partial charge in [-0.15, -0.1) is 0 Å². The van der Waals surface area contributed by atoms with Crippen molar-refractivity contribution >= 4 is 11.8 Å². The van der Waals surface area contributed by atoms with E-state index in [0.29, 0.717) is 0 Å². The molecule has 0 spiro atoms. The minimum atomic E-state index is -0.925. The fraction of sp³-hybridized carbons (Fsp3) is 0.158. The number of anilines is 1. The zero-order chi connectivity index (χ0) is 16.7. The van der Waals surface area contributed by atoms with E-state index in [1.807, 2.05) is 10.7 Å². The molecule has 4 rings (SSSR count). The Hall–Kier alpha value is -3.08. The van der Waals surface area contributed by atoms with Crippen molar-refractivity contribution in [3.05, 3.63) is 65.2 Å². The van der Waals surface area contributed by atoms with E-state index in [1.54, 1.807) is 24.3 Å². The molecule has 2 aromatic carbocycles. The van der Waals surface area contributed by atoms with E-state index in [9.17, 15) is 4.79 Å². The number of aryl methyl sites for hydroxylation is 1. The summed E-state index contributed by atoms with van der Waals surface area (Å²) in [6.07, 6.45) is 0.936. The Kier molecular flexibility index (Phi) is 3.34. The quantitative estimate of drug-likeness (QED) is 0.775. The Labute approximate surface area is 139 Å². The molecule has 0 fully saturated rings. The van der Waals surface area contributed by atoms with Crippen LogP contribution >= 0.6 is 0 Å². The number of nitrogens with one attached hydrogen (secondary N) is 1. The second kappa shape index (κ2) is 5.53. The zero-order valence-electron chi connectivity index (χ0n) is 13.3. The predicted molar refractivity (Wildman–Crippen MR) is 92.9 cm³/mol. The summed E-state index contributed by atoms with van der Waals surface area (Å²) < 4.78 is 1.87. The lowest BCUT2D eigenvalue weighted by atomic mass is 10.0. The molecule has 1 aliphatic heterocycles. The molecule has 2 N–H and O–H groups in total. The maximum Gasteiger partial charge on any atom is 0.335 e. The average molecular weight is 319 g/mol. The number of nitrogens with zero attached hydrogens (tertiary/aromatic N) is 2. The van der Waals surface area contributed by atoms with Crippen molar-refractivity contribution in [3.63, 3.8) is 0 Å². The Morgan fingerprint density at radius 2 is 2.00 bits per heavy atom. The van der Waals surface area contributed by atoms with Crippen LogP contribution in [0.1, 0.15) is 21.5 Å². The van der Waals surface area contributed by atoms with Crippen molar-refractivity contribution in [1.82, 2.24) is 9.78 Å². The molecule has 0 saturated carbocycles. The summed E-state index contributed by atoms with van der Waals surface area (Å²) >= 11 is 0. The summed E-state index contributed by atoms with van der Waals surface area (Å²) in [4.78, 5) is 11.0. The molecular weight excluding hydrogens is 302 g/mol. The van der Waals surface area contributed by atoms with E-state index in [2.05, 4.69) is 30.4 Å². The molecule has 0 radical (unpaired) electrons. The number of aromatic nitrogens is 2. The molecule has 5 heteroatoms. The Morgan fingerprint density at radius 3 is 2.71 bits per heavy atom. The summed E-state index contributed by atoms with van der Waals surface area (Å²) in [7, 11) is 0. The monoisotopic (exact) mass is 319 g/mol. The van der Waals surface area contributed by atoms with Gasteiger partial charge in [0.25, 0.3) is 0 Å². The first-order chi connectivity index (χ1) is 11.6. The summed E-state index contributed by atoms with van der Waals surface area (Å²) in [5.74, 6) is 0.0698. The number of carboxylic acid groups (broad SMARTS) is 1. The number of carbonyl (C=O) groups is 1. The van der Waals surface area contributed by atoms with E-state index in [1.165, 1.54) is 11.1 Å². The van der Waals surface area contributed by atoms with Crippen LogP contribution in [0.3, 0.4) is 0 Å². The van der Waals surface area contributed by atoms with Gasteiger partial charge in [-0.05, 0) is 43.7 Å². The first kappa shape index (κ1) is 14.5. The average Bonchev–Trinajstić information content (AvgIpc) is 3.17. The van der Waals surface area contributed by atoms with Gasteiger partial charge in [0.05, 0.1) is 16.9 Å². The lowest BCUT2D eigenvalue weighted by Gasteiger charge is -2.06. The second-order valence-corrected chi connectivity index (χ2v) is 5.99. The minimum Gasteiger partial charge on any atom is -0.478 e. The van der Waals surface area contributed by atoms with Crippen LogP contribution in [0.5, 0.6) is 0 Å². The molecule has 2 heterocycles. The van der Waals surface area contributed by atoms with Crippen LogP contribution in [0.15, 0.2) is 48.5 Å². The van der Waals surface area contributed by atoms with Gasteiger partial charge in [0.15, 0.2) is 0 Å². The summed E-state index contributed by atoms with van der Waals surface area (Å²) in [5, 5.41) is 17.2. The van der Waals surface area contributed by atoms with Gasteiger partial charge >= 0.3 is 5.97 Å². The third kappa shape index (κ3) is 2.34. The molecule has 0 bridgehead atoms. The Morgan fingerprint density at radius 1 is 1.21 bits per heavy atom. The van der Waals surface area contributed by atoms with Crippen molar-refractivity contribution < 1.29 is 9.90 Å². The lowest BCUT2D eigenvalue weighted by Crippen LogP contribution is -2.05. The van der Waals surface area contributed by atoms with E-state index < -0.39 is 5.97 Å².